The SMILES string of the molecule is CCN(CC)C(=O)CN1CCN(c2ccc(NS(C)(=O)=O)c(C(=O)O)c2)CC1.O=C(O)C(F)(F)F. The largest absolute Gasteiger partial charge is 0.490 e. The van der Waals surface area contributed by atoms with Gasteiger partial charge in [0.2, 0.25) is 15.9 Å². The lowest BCUT2D eigenvalue weighted by atomic mass is 10.1. The van der Waals surface area contributed by atoms with Crippen LogP contribution in [0.1, 0.15) is 24.2 Å². The number of hydrogen-bond donors (Lipinski definition) is 3. The van der Waals surface area contributed by atoms with Crippen LogP contribution in [-0.2, 0) is 19.6 Å². The van der Waals surface area contributed by atoms with Gasteiger partial charge in [-0.3, -0.25) is 14.4 Å². The lowest BCUT2D eigenvalue weighted by Gasteiger charge is -2.36. The highest BCUT2D eigenvalue weighted by molar-refractivity contribution is 7.92. The van der Waals surface area contributed by atoms with Crippen LogP contribution in [0, 0.1) is 0 Å². The summed E-state index contributed by atoms with van der Waals surface area (Å²) in [5, 5.41) is 16.5. The predicted molar refractivity (Wildman–Crippen MR) is 122 cm³/mol. The third-order valence-corrected chi connectivity index (χ3v) is 5.57. The Balaban J connectivity index is 0.000000762. The maximum atomic E-state index is 12.2. The van der Waals surface area contributed by atoms with Gasteiger partial charge >= 0.3 is 18.1 Å². The van der Waals surface area contributed by atoms with Crippen molar-refractivity contribution in [1.82, 2.24) is 9.80 Å². The maximum absolute atomic E-state index is 12.2. The minimum absolute atomic E-state index is 0.0437. The molecule has 1 amide bonds. The van der Waals surface area contributed by atoms with Crippen LogP contribution < -0.4 is 9.62 Å². The number of carbonyl (C=O) groups is 3. The second-order valence-electron chi connectivity index (χ2n) is 7.54. The molecule has 11 nitrogen and oxygen atoms in total. The van der Waals surface area contributed by atoms with E-state index in [4.69, 9.17) is 9.90 Å². The van der Waals surface area contributed by atoms with E-state index >= 15 is 0 Å². The number of nitrogens with one attached hydrogen (secondary N) is 1. The molecule has 0 unspecified atom stereocenters. The first-order valence-corrected chi connectivity index (χ1v) is 12.4. The number of nitrogens with zero attached hydrogens (tertiary/aromatic N) is 3. The Kier molecular flexibility index (Phi) is 10.8. The lowest BCUT2D eigenvalue weighted by Crippen LogP contribution is -2.50. The van der Waals surface area contributed by atoms with E-state index in [2.05, 4.69) is 9.62 Å². The summed E-state index contributed by atoms with van der Waals surface area (Å²) in [6.07, 6.45) is -4.11. The Morgan fingerprint density at radius 3 is 1.97 bits per heavy atom. The molecule has 0 aliphatic carbocycles. The van der Waals surface area contributed by atoms with E-state index in [0.717, 1.165) is 6.26 Å². The average Bonchev–Trinajstić information content (AvgIpc) is 2.74. The molecule has 0 aromatic heterocycles. The van der Waals surface area contributed by atoms with Crippen LogP contribution in [0.3, 0.4) is 0 Å². The number of benzene rings is 1. The van der Waals surface area contributed by atoms with Gasteiger partial charge in [-0.15, -0.1) is 0 Å². The number of halogens is 3. The van der Waals surface area contributed by atoms with Gasteiger partial charge in [0.25, 0.3) is 0 Å². The van der Waals surface area contributed by atoms with Crippen LogP contribution in [-0.4, -0.2) is 105 Å². The Hall–Kier alpha value is -3.07. The zero-order chi connectivity index (χ0) is 27.0. The highest BCUT2D eigenvalue weighted by Gasteiger charge is 2.38. The molecule has 0 atom stereocenters. The summed E-state index contributed by atoms with van der Waals surface area (Å²) in [7, 11) is -3.57. The number of likely N-dealkylation sites (N-methyl/N-ethyl adjacent to an activating group) is 1. The number of amides is 1. The van der Waals surface area contributed by atoms with Crippen LogP contribution in [0.25, 0.3) is 0 Å². The second kappa shape index (κ2) is 12.6. The molecule has 15 heteroatoms. The van der Waals surface area contributed by atoms with Crippen LogP contribution in [0.5, 0.6) is 0 Å². The van der Waals surface area contributed by atoms with Crippen LogP contribution in [0.2, 0.25) is 0 Å². The third kappa shape index (κ3) is 9.98. The Labute approximate surface area is 201 Å². The van der Waals surface area contributed by atoms with Crippen molar-refractivity contribution in [3.8, 4) is 0 Å². The number of hydrogen-bond acceptors (Lipinski definition) is 7. The Morgan fingerprint density at radius 2 is 1.57 bits per heavy atom. The highest BCUT2D eigenvalue weighted by Crippen LogP contribution is 2.25. The average molecular weight is 527 g/mol. The normalized spacial score (nSPS) is 14.5. The fourth-order valence-corrected chi connectivity index (χ4v) is 3.80. The van der Waals surface area contributed by atoms with E-state index < -0.39 is 28.1 Å². The Morgan fingerprint density at radius 1 is 1.06 bits per heavy atom. The smallest absolute Gasteiger partial charge is 0.478 e. The molecule has 0 bridgehead atoms. The van der Waals surface area contributed by atoms with E-state index in [0.29, 0.717) is 51.5 Å². The number of carboxylic acid groups (broad SMARTS) is 2. The minimum Gasteiger partial charge on any atom is -0.478 e. The number of alkyl halides is 3. The number of anilines is 2. The summed E-state index contributed by atoms with van der Waals surface area (Å²) in [6.45, 7) is 8.39. The van der Waals surface area contributed by atoms with Gasteiger partial charge in [-0.05, 0) is 32.0 Å². The lowest BCUT2D eigenvalue weighted by molar-refractivity contribution is -0.192. The van der Waals surface area contributed by atoms with Gasteiger partial charge in [0, 0.05) is 45.0 Å². The molecule has 1 aromatic rings. The summed E-state index contributed by atoms with van der Waals surface area (Å²) >= 11 is 0. The standard InChI is InChI=1S/C18H28N4O5S.C2HF3O2/c1-4-21(5-2)17(23)13-20-8-10-22(11-9-20)14-6-7-16(19-28(3,26)27)15(12-14)18(24)25;3-2(4,5)1(6)7/h6-7,12,19H,4-5,8-11,13H2,1-3H3,(H,24,25);(H,6,7). The number of carboxylic acids is 2. The second-order valence-corrected chi connectivity index (χ2v) is 9.29. The van der Waals surface area contributed by atoms with Gasteiger partial charge in [0.15, 0.2) is 0 Å². The summed E-state index contributed by atoms with van der Waals surface area (Å²) < 4.78 is 56.8. The van der Waals surface area contributed by atoms with Crippen LogP contribution in [0.15, 0.2) is 18.2 Å². The molecule has 198 valence electrons. The third-order valence-electron chi connectivity index (χ3n) is 4.98. The van der Waals surface area contributed by atoms with Crippen molar-refractivity contribution < 1.29 is 46.2 Å². The molecule has 0 saturated carbocycles. The number of sulfonamides is 1. The molecule has 0 spiro atoms. The molecular weight excluding hydrogens is 497 g/mol. The Bertz CT molecular complexity index is 1010. The number of aliphatic carboxylic acids is 1. The predicted octanol–water partition coefficient (Wildman–Crippen LogP) is 1.38. The molecule has 1 heterocycles. The fourth-order valence-electron chi connectivity index (χ4n) is 3.23. The van der Waals surface area contributed by atoms with Crippen molar-refractivity contribution in [2.24, 2.45) is 0 Å². The van der Waals surface area contributed by atoms with Gasteiger partial charge in [0.05, 0.1) is 24.1 Å². The molecule has 0 radical (unpaired) electrons. The maximum Gasteiger partial charge on any atom is 0.490 e. The van der Waals surface area contributed by atoms with E-state index in [1.165, 1.54) is 12.1 Å². The first-order valence-electron chi connectivity index (χ1n) is 10.5. The molecule has 1 aliphatic rings. The van der Waals surface area contributed by atoms with Gasteiger partial charge in [-0.25, -0.2) is 18.0 Å². The van der Waals surface area contributed by atoms with E-state index in [-0.39, 0.29) is 17.2 Å². The number of carbonyl (C=O) groups excluding carboxylic acids is 1. The van der Waals surface area contributed by atoms with Crippen molar-refractivity contribution >= 4 is 39.2 Å². The van der Waals surface area contributed by atoms with Gasteiger partial charge in [-0.1, -0.05) is 0 Å². The van der Waals surface area contributed by atoms with Gasteiger partial charge in [0.1, 0.15) is 0 Å². The molecule has 35 heavy (non-hydrogen) atoms. The first kappa shape index (κ1) is 30.0. The topological polar surface area (TPSA) is 148 Å². The van der Waals surface area contributed by atoms with Crippen molar-refractivity contribution in [1.29, 1.82) is 0 Å². The molecule has 3 N–H and O–H groups in total. The molecule has 1 saturated heterocycles. The molecular formula is C20H29F3N4O7S. The van der Waals surface area contributed by atoms with E-state index in [9.17, 15) is 36.3 Å². The van der Waals surface area contributed by atoms with E-state index in [1.54, 1.807) is 11.0 Å². The number of rotatable bonds is 8. The number of piperazine rings is 1. The zero-order valence-electron chi connectivity index (χ0n) is 19.5. The monoisotopic (exact) mass is 526 g/mol. The minimum atomic E-state index is -5.08. The quantitative estimate of drug-likeness (QED) is 0.457. The van der Waals surface area contributed by atoms with Gasteiger partial charge in [-0.2, -0.15) is 13.2 Å². The summed E-state index contributed by atoms with van der Waals surface area (Å²) in [5.74, 6) is -3.84. The van der Waals surface area contributed by atoms with Crippen molar-refractivity contribution in [2.75, 3.05) is 61.7 Å². The molecule has 1 aromatic carbocycles. The summed E-state index contributed by atoms with van der Waals surface area (Å²) in [5.41, 5.74) is 0.662. The van der Waals surface area contributed by atoms with Crippen molar-refractivity contribution in [2.45, 2.75) is 20.0 Å². The number of aromatic carboxylic acids is 1. The van der Waals surface area contributed by atoms with Gasteiger partial charge < -0.3 is 20.0 Å². The summed E-state index contributed by atoms with van der Waals surface area (Å²) in [6, 6.07) is 4.65. The van der Waals surface area contributed by atoms with Crippen molar-refractivity contribution in [3.63, 3.8) is 0 Å². The van der Waals surface area contributed by atoms with Crippen molar-refractivity contribution in [3.05, 3.63) is 23.8 Å². The summed E-state index contributed by atoms with van der Waals surface area (Å²) in [4.78, 5) is 38.6. The van der Waals surface area contributed by atoms with Crippen LogP contribution in [0.4, 0.5) is 24.5 Å². The molecule has 1 fully saturated rings. The molecule has 1 aliphatic heterocycles. The zero-order valence-corrected chi connectivity index (χ0v) is 20.3. The van der Waals surface area contributed by atoms with Crippen LogP contribution >= 0.6 is 0 Å². The highest BCUT2D eigenvalue weighted by atomic mass is 32.2. The van der Waals surface area contributed by atoms with E-state index in [1.807, 2.05) is 18.7 Å². The first-order chi connectivity index (χ1) is 16.1. The molecule has 2 rings (SSSR count). The fraction of sp³-hybridized carbons (Fsp3) is 0.550.